The van der Waals surface area contributed by atoms with Gasteiger partial charge in [-0.05, 0) is 38.7 Å². The summed E-state index contributed by atoms with van der Waals surface area (Å²) in [5.74, 6) is 1.49. The predicted octanol–water partition coefficient (Wildman–Crippen LogP) is 3.46. The quantitative estimate of drug-likeness (QED) is 0.383. The lowest BCUT2D eigenvalue weighted by Crippen LogP contribution is -2.45. The van der Waals surface area contributed by atoms with Crippen LogP contribution < -0.4 is 10.6 Å². The molecule has 0 radical (unpaired) electrons. The fraction of sp³-hybridized carbons (Fsp3) is 0.619. The monoisotopic (exact) mass is 484 g/mol. The normalized spacial score (nSPS) is 20.4. The molecule has 2 fully saturated rings. The first kappa shape index (κ1) is 22.0. The molecule has 3 rings (SSSR count). The molecule has 1 aromatic rings. The van der Waals surface area contributed by atoms with Gasteiger partial charge in [-0.3, -0.25) is 4.79 Å². The van der Waals surface area contributed by atoms with E-state index >= 15 is 0 Å². The summed E-state index contributed by atoms with van der Waals surface area (Å²) in [4.78, 5) is 19.4. The first-order valence-electron chi connectivity index (χ1n) is 10.0. The van der Waals surface area contributed by atoms with Gasteiger partial charge in [0.15, 0.2) is 5.96 Å². The first-order valence-corrected chi connectivity index (χ1v) is 10.0. The van der Waals surface area contributed by atoms with Crippen molar-refractivity contribution < 1.29 is 4.79 Å². The summed E-state index contributed by atoms with van der Waals surface area (Å²) in [7, 11) is 0. The number of benzene rings is 1. The summed E-state index contributed by atoms with van der Waals surface area (Å²) in [5.41, 5.74) is 2.47. The molecular weight excluding hydrogens is 451 g/mol. The molecule has 0 aromatic heterocycles. The average Bonchev–Trinajstić information content (AvgIpc) is 3.33. The summed E-state index contributed by atoms with van der Waals surface area (Å²) in [6, 6.07) is 8.78. The molecule has 6 heteroatoms. The molecule has 0 bridgehead atoms. The summed E-state index contributed by atoms with van der Waals surface area (Å²) in [6.07, 6.45) is 5.57. The van der Waals surface area contributed by atoms with Gasteiger partial charge in [0.1, 0.15) is 0 Å². The van der Waals surface area contributed by atoms with Crippen molar-refractivity contribution in [2.45, 2.75) is 58.5 Å². The summed E-state index contributed by atoms with van der Waals surface area (Å²) >= 11 is 0. The van der Waals surface area contributed by atoms with E-state index in [0.717, 1.165) is 44.9 Å². The van der Waals surface area contributed by atoms with Crippen molar-refractivity contribution in [3.63, 3.8) is 0 Å². The van der Waals surface area contributed by atoms with E-state index in [1.807, 2.05) is 0 Å². The van der Waals surface area contributed by atoms with Crippen LogP contribution in [0.4, 0.5) is 0 Å². The fourth-order valence-electron chi connectivity index (χ4n) is 3.89. The second-order valence-corrected chi connectivity index (χ2v) is 7.58. The summed E-state index contributed by atoms with van der Waals surface area (Å²) in [6.45, 7) is 7.32. The molecule has 1 aromatic carbocycles. The van der Waals surface area contributed by atoms with Gasteiger partial charge in [0.05, 0.1) is 6.54 Å². The Balaban J connectivity index is 0.00000261. The average molecular weight is 484 g/mol. The van der Waals surface area contributed by atoms with Gasteiger partial charge >= 0.3 is 0 Å². The first-order chi connectivity index (χ1) is 12.7. The minimum atomic E-state index is 0. The number of amides is 1. The number of hydrogen-bond donors (Lipinski definition) is 2. The third kappa shape index (κ3) is 6.36. The molecule has 150 valence electrons. The number of aliphatic imine (C=N–C) groups is 1. The maximum absolute atomic E-state index is 12.6. The molecule has 2 N–H and O–H groups in total. The number of halogens is 1. The molecule has 2 aliphatic rings. The second kappa shape index (κ2) is 10.9. The van der Waals surface area contributed by atoms with Gasteiger partial charge in [0.25, 0.3) is 0 Å². The standard InChI is InChI=1S/C21H32N4O.HI/c1-3-22-21(23-14-17-10-8-16(2)9-11-17)24-19-12-13-25(15-19)20(26)18-6-4-5-7-18;/h8-11,18-19H,3-7,12-15H2,1-2H3,(H2,22,23,24);1H. The smallest absolute Gasteiger partial charge is 0.225 e. The lowest BCUT2D eigenvalue weighted by molar-refractivity contribution is -0.134. The van der Waals surface area contributed by atoms with E-state index in [9.17, 15) is 4.79 Å². The minimum Gasteiger partial charge on any atom is -0.357 e. The molecule has 1 saturated heterocycles. The van der Waals surface area contributed by atoms with Gasteiger partial charge in [-0.25, -0.2) is 4.99 Å². The van der Waals surface area contributed by atoms with Crippen LogP contribution in [0.25, 0.3) is 0 Å². The van der Waals surface area contributed by atoms with Crippen molar-refractivity contribution in [3.8, 4) is 0 Å². The second-order valence-electron chi connectivity index (χ2n) is 7.58. The molecule has 1 heterocycles. The number of nitrogens with zero attached hydrogens (tertiary/aromatic N) is 2. The minimum absolute atomic E-state index is 0. The van der Waals surface area contributed by atoms with E-state index in [-0.39, 0.29) is 35.9 Å². The zero-order valence-corrected chi connectivity index (χ0v) is 18.9. The van der Waals surface area contributed by atoms with E-state index in [2.05, 4.69) is 53.6 Å². The zero-order chi connectivity index (χ0) is 18.4. The molecule has 1 saturated carbocycles. The van der Waals surface area contributed by atoms with Crippen LogP contribution in [0, 0.1) is 12.8 Å². The number of carbonyl (C=O) groups is 1. The number of aryl methyl sites for hydroxylation is 1. The molecule has 5 nitrogen and oxygen atoms in total. The van der Waals surface area contributed by atoms with Gasteiger partial charge in [-0.2, -0.15) is 0 Å². The van der Waals surface area contributed by atoms with E-state index in [1.54, 1.807) is 0 Å². The van der Waals surface area contributed by atoms with Crippen molar-refractivity contribution in [1.29, 1.82) is 0 Å². The molecule has 1 atom stereocenters. The highest BCUT2D eigenvalue weighted by molar-refractivity contribution is 14.0. The van der Waals surface area contributed by atoms with Gasteiger partial charge < -0.3 is 15.5 Å². The lowest BCUT2D eigenvalue weighted by atomic mass is 10.1. The van der Waals surface area contributed by atoms with Gasteiger partial charge in [-0.15, -0.1) is 24.0 Å². The summed E-state index contributed by atoms with van der Waals surface area (Å²) < 4.78 is 0. The number of guanidine groups is 1. The predicted molar refractivity (Wildman–Crippen MR) is 121 cm³/mol. The highest BCUT2D eigenvalue weighted by atomic mass is 127. The van der Waals surface area contributed by atoms with E-state index in [0.29, 0.717) is 12.5 Å². The van der Waals surface area contributed by atoms with Crippen LogP contribution in [0.15, 0.2) is 29.3 Å². The van der Waals surface area contributed by atoms with Crippen LogP contribution in [0.3, 0.4) is 0 Å². The molecule has 0 spiro atoms. The largest absolute Gasteiger partial charge is 0.357 e. The third-order valence-corrected chi connectivity index (χ3v) is 5.43. The third-order valence-electron chi connectivity index (χ3n) is 5.43. The molecular formula is C21H33IN4O. The molecule has 1 aliphatic heterocycles. The van der Waals surface area contributed by atoms with Crippen molar-refractivity contribution in [2.75, 3.05) is 19.6 Å². The Morgan fingerprint density at radius 2 is 1.89 bits per heavy atom. The van der Waals surface area contributed by atoms with Gasteiger partial charge in [0, 0.05) is 31.6 Å². The Morgan fingerprint density at radius 3 is 2.56 bits per heavy atom. The topological polar surface area (TPSA) is 56.7 Å². The Bertz CT molecular complexity index is 626. The fourth-order valence-corrected chi connectivity index (χ4v) is 3.89. The molecule has 1 amide bonds. The number of hydrogen-bond acceptors (Lipinski definition) is 2. The highest BCUT2D eigenvalue weighted by Crippen LogP contribution is 2.27. The summed E-state index contributed by atoms with van der Waals surface area (Å²) in [5, 5.41) is 6.84. The lowest BCUT2D eigenvalue weighted by Gasteiger charge is -2.21. The molecule has 1 aliphatic carbocycles. The maximum atomic E-state index is 12.6. The van der Waals surface area contributed by atoms with Crippen LogP contribution in [0.1, 0.15) is 50.2 Å². The molecule has 1 unspecified atom stereocenters. The van der Waals surface area contributed by atoms with Crippen molar-refractivity contribution in [2.24, 2.45) is 10.9 Å². The SMILES string of the molecule is CCNC(=NCc1ccc(C)cc1)NC1CCN(C(=O)C2CCCC2)C1.I. The Kier molecular flexibility index (Phi) is 8.86. The van der Waals surface area contributed by atoms with Crippen LogP contribution >= 0.6 is 24.0 Å². The number of likely N-dealkylation sites (tertiary alicyclic amines) is 1. The van der Waals surface area contributed by atoms with E-state index in [4.69, 9.17) is 4.99 Å². The number of rotatable bonds is 5. The van der Waals surface area contributed by atoms with Crippen LogP contribution in [0.2, 0.25) is 0 Å². The van der Waals surface area contributed by atoms with Crippen LogP contribution in [-0.4, -0.2) is 42.4 Å². The van der Waals surface area contributed by atoms with Crippen molar-refractivity contribution in [1.82, 2.24) is 15.5 Å². The van der Waals surface area contributed by atoms with Crippen molar-refractivity contribution >= 4 is 35.8 Å². The van der Waals surface area contributed by atoms with Gasteiger partial charge in [0.2, 0.25) is 5.91 Å². The van der Waals surface area contributed by atoms with Crippen molar-refractivity contribution in [3.05, 3.63) is 35.4 Å². The maximum Gasteiger partial charge on any atom is 0.225 e. The zero-order valence-electron chi connectivity index (χ0n) is 16.5. The van der Waals surface area contributed by atoms with Crippen LogP contribution in [0.5, 0.6) is 0 Å². The number of nitrogens with one attached hydrogen (secondary N) is 2. The highest BCUT2D eigenvalue weighted by Gasteiger charge is 2.32. The van der Waals surface area contributed by atoms with Gasteiger partial charge in [-0.1, -0.05) is 42.7 Å². The van der Waals surface area contributed by atoms with E-state index in [1.165, 1.54) is 24.0 Å². The Labute approximate surface area is 180 Å². The Morgan fingerprint density at radius 1 is 1.19 bits per heavy atom. The number of carbonyl (C=O) groups excluding carboxylic acids is 1. The Hall–Kier alpha value is -1.31. The van der Waals surface area contributed by atoms with E-state index < -0.39 is 0 Å². The molecule has 27 heavy (non-hydrogen) atoms. The van der Waals surface area contributed by atoms with Crippen LogP contribution in [-0.2, 0) is 11.3 Å².